The molecule has 1 atom stereocenters. The predicted molar refractivity (Wildman–Crippen MR) is 68.5 cm³/mol. The third-order valence-electron chi connectivity index (χ3n) is 2.65. The van der Waals surface area contributed by atoms with Gasteiger partial charge in [0.05, 0.1) is 24.2 Å². The molecule has 0 spiro atoms. The number of aromatic nitrogens is 2. The van der Waals surface area contributed by atoms with Gasteiger partial charge in [-0.05, 0) is 31.6 Å². The molecule has 0 fully saturated rings. The Morgan fingerprint density at radius 3 is 2.82 bits per heavy atom. The largest absolute Gasteiger partial charge is 0.496 e. The molecule has 5 heteroatoms. The summed E-state index contributed by atoms with van der Waals surface area (Å²) in [4.78, 5) is 1.08. The van der Waals surface area contributed by atoms with Gasteiger partial charge in [0, 0.05) is 5.56 Å². The summed E-state index contributed by atoms with van der Waals surface area (Å²) in [5.74, 6) is 0.878. The van der Waals surface area contributed by atoms with E-state index in [9.17, 15) is 0 Å². The van der Waals surface area contributed by atoms with E-state index in [1.165, 1.54) is 17.1 Å². The van der Waals surface area contributed by atoms with Crippen molar-refractivity contribution in [3.8, 4) is 5.75 Å². The summed E-state index contributed by atoms with van der Waals surface area (Å²) in [5.41, 5.74) is 2.32. The highest BCUT2D eigenvalue weighted by atomic mass is 32.1. The average molecular weight is 249 g/mol. The molecule has 0 bridgehead atoms. The van der Waals surface area contributed by atoms with Crippen LogP contribution in [0.25, 0.3) is 0 Å². The van der Waals surface area contributed by atoms with Crippen LogP contribution >= 0.6 is 11.5 Å². The summed E-state index contributed by atoms with van der Waals surface area (Å²) >= 11 is 1.40. The average Bonchev–Trinajstić information content (AvgIpc) is 2.84. The van der Waals surface area contributed by atoms with Gasteiger partial charge < -0.3 is 10.1 Å². The molecule has 4 nitrogen and oxygen atoms in total. The van der Waals surface area contributed by atoms with Crippen LogP contribution in [0.3, 0.4) is 0 Å². The summed E-state index contributed by atoms with van der Waals surface area (Å²) in [6, 6.07) is 6.23. The van der Waals surface area contributed by atoms with E-state index in [0.29, 0.717) is 0 Å². The Labute approximate surface area is 105 Å². The summed E-state index contributed by atoms with van der Waals surface area (Å²) in [6.07, 6.45) is 1.79. The Balaban J connectivity index is 2.46. The van der Waals surface area contributed by atoms with Gasteiger partial charge in [0.1, 0.15) is 5.75 Å². The zero-order valence-corrected chi connectivity index (χ0v) is 10.9. The maximum absolute atomic E-state index is 5.40. The fourth-order valence-electron chi connectivity index (χ4n) is 1.83. The number of benzene rings is 1. The Morgan fingerprint density at radius 1 is 1.41 bits per heavy atom. The van der Waals surface area contributed by atoms with E-state index in [2.05, 4.69) is 27.9 Å². The molecule has 90 valence electrons. The van der Waals surface area contributed by atoms with Gasteiger partial charge in [0.15, 0.2) is 0 Å². The maximum atomic E-state index is 5.40. The van der Waals surface area contributed by atoms with E-state index >= 15 is 0 Å². The van der Waals surface area contributed by atoms with Crippen LogP contribution in [0.15, 0.2) is 24.4 Å². The molecule has 1 aromatic carbocycles. The van der Waals surface area contributed by atoms with Crippen molar-refractivity contribution in [1.29, 1.82) is 0 Å². The molecule has 0 aliphatic carbocycles. The Morgan fingerprint density at radius 2 is 2.24 bits per heavy atom. The van der Waals surface area contributed by atoms with Crippen LogP contribution in [0.1, 0.15) is 22.0 Å². The fraction of sp³-hybridized carbons (Fsp3) is 0.333. The maximum Gasteiger partial charge on any atom is 0.124 e. The van der Waals surface area contributed by atoms with E-state index in [-0.39, 0.29) is 6.04 Å². The number of nitrogens with zero attached hydrogens (tertiary/aromatic N) is 2. The zero-order chi connectivity index (χ0) is 12.3. The lowest BCUT2D eigenvalue weighted by molar-refractivity contribution is 0.405. The molecule has 2 rings (SSSR count). The van der Waals surface area contributed by atoms with Crippen molar-refractivity contribution in [2.75, 3.05) is 14.2 Å². The monoisotopic (exact) mass is 249 g/mol. The molecule has 0 amide bonds. The number of methoxy groups -OCH3 is 1. The van der Waals surface area contributed by atoms with Gasteiger partial charge in [-0.1, -0.05) is 22.2 Å². The second kappa shape index (κ2) is 5.25. The lowest BCUT2D eigenvalue weighted by atomic mass is 10.0. The van der Waals surface area contributed by atoms with Gasteiger partial charge in [-0.15, -0.1) is 5.10 Å². The highest BCUT2D eigenvalue weighted by Gasteiger charge is 2.18. The van der Waals surface area contributed by atoms with Crippen molar-refractivity contribution in [3.63, 3.8) is 0 Å². The minimum atomic E-state index is 0.0739. The minimum absolute atomic E-state index is 0.0739. The summed E-state index contributed by atoms with van der Waals surface area (Å²) < 4.78 is 9.31. The number of hydrogen-bond acceptors (Lipinski definition) is 5. The second-order valence-corrected chi connectivity index (χ2v) is 4.60. The highest BCUT2D eigenvalue weighted by molar-refractivity contribution is 7.05. The zero-order valence-electron chi connectivity index (χ0n) is 10.1. The third kappa shape index (κ3) is 2.45. The minimum Gasteiger partial charge on any atom is -0.496 e. The van der Waals surface area contributed by atoms with Crippen LogP contribution in [0.5, 0.6) is 5.75 Å². The molecule has 2 aromatic rings. The van der Waals surface area contributed by atoms with Gasteiger partial charge >= 0.3 is 0 Å². The van der Waals surface area contributed by atoms with Gasteiger partial charge in [0.25, 0.3) is 0 Å². The standard InChI is InChI=1S/C12H15N3OS/c1-8-4-5-10(16-3)9(6-8)12(13-2)11-7-14-15-17-11/h4-7,12-13H,1-3H3. The number of rotatable bonds is 4. The van der Waals surface area contributed by atoms with Gasteiger partial charge in [-0.2, -0.15) is 0 Å². The van der Waals surface area contributed by atoms with E-state index in [1.54, 1.807) is 13.3 Å². The van der Waals surface area contributed by atoms with Gasteiger partial charge in [-0.3, -0.25) is 0 Å². The molecule has 1 aromatic heterocycles. The first-order chi connectivity index (χ1) is 8.26. The first-order valence-electron chi connectivity index (χ1n) is 5.35. The van der Waals surface area contributed by atoms with Crippen molar-refractivity contribution < 1.29 is 4.74 Å². The topological polar surface area (TPSA) is 47.0 Å². The normalized spacial score (nSPS) is 12.4. The lowest BCUT2D eigenvalue weighted by Crippen LogP contribution is -2.17. The summed E-state index contributed by atoms with van der Waals surface area (Å²) in [5, 5.41) is 7.16. The third-order valence-corrected chi connectivity index (χ3v) is 3.38. The van der Waals surface area contributed by atoms with E-state index < -0.39 is 0 Å². The number of nitrogens with one attached hydrogen (secondary N) is 1. The quantitative estimate of drug-likeness (QED) is 0.902. The molecule has 17 heavy (non-hydrogen) atoms. The Kier molecular flexibility index (Phi) is 3.71. The Bertz CT molecular complexity index is 485. The van der Waals surface area contributed by atoms with Crippen LogP contribution in [-0.2, 0) is 0 Å². The molecular weight excluding hydrogens is 234 g/mol. The van der Waals surface area contributed by atoms with E-state index in [4.69, 9.17) is 4.74 Å². The molecule has 1 N–H and O–H groups in total. The Hall–Kier alpha value is -1.46. The van der Waals surface area contributed by atoms with Crippen LogP contribution < -0.4 is 10.1 Å². The summed E-state index contributed by atoms with van der Waals surface area (Å²) in [6.45, 7) is 2.07. The second-order valence-electron chi connectivity index (χ2n) is 3.79. The molecule has 1 heterocycles. The molecule has 0 saturated carbocycles. The molecular formula is C12H15N3OS. The highest BCUT2D eigenvalue weighted by Crippen LogP contribution is 2.31. The molecule has 0 aliphatic rings. The van der Waals surface area contributed by atoms with E-state index in [0.717, 1.165) is 16.2 Å². The van der Waals surface area contributed by atoms with E-state index in [1.807, 2.05) is 19.2 Å². The smallest absolute Gasteiger partial charge is 0.124 e. The SMILES string of the molecule is CNC(c1cnns1)c1cc(C)ccc1OC. The van der Waals surface area contributed by atoms with Crippen LogP contribution in [0.4, 0.5) is 0 Å². The van der Waals surface area contributed by atoms with Gasteiger partial charge in [0.2, 0.25) is 0 Å². The van der Waals surface area contributed by atoms with Crippen LogP contribution in [-0.4, -0.2) is 23.7 Å². The first-order valence-corrected chi connectivity index (χ1v) is 6.12. The predicted octanol–water partition coefficient (Wildman–Crippen LogP) is 2.16. The van der Waals surface area contributed by atoms with Crippen molar-refractivity contribution in [2.45, 2.75) is 13.0 Å². The molecule has 0 radical (unpaired) electrons. The van der Waals surface area contributed by atoms with Crippen LogP contribution in [0.2, 0.25) is 0 Å². The van der Waals surface area contributed by atoms with Crippen molar-refractivity contribution in [3.05, 3.63) is 40.4 Å². The number of aryl methyl sites for hydroxylation is 1. The fourth-order valence-corrected chi connectivity index (χ4v) is 2.47. The van der Waals surface area contributed by atoms with Crippen molar-refractivity contribution in [2.24, 2.45) is 0 Å². The molecule has 1 unspecified atom stereocenters. The first kappa shape index (κ1) is 12.0. The van der Waals surface area contributed by atoms with Crippen molar-refractivity contribution >= 4 is 11.5 Å². The lowest BCUT2D eigenvalue weighted by Gasteiger charge is -2.18. The summed E-state index contributed by atoms with van der Waals surface area (Å²) in [7, 11) is 3.61. The number of hydrogen-bond donors (Lipinski definition) is 1. The van der Waals surface area contributed by atoms with Gasteiger partial charge in [-0.25, -0.2) is 0 Å². The van der Waals surface area contributed by atoms with Crippen LogP contribution in [0, 0.1) is 6.92 Å². The molecule has 0 saturated heterocycles. The molecule has 0 aliphatic heterocycles. The number of ether oxygens (including phenoxy) is 1. The van der Waals surface area contributed by atoms with Crippen molar-refractivity contribution in [1.82, 2.24) is 14.9 Å².